The lowest BCUT2D eigenvalue weighted by Gasteiger charge is -2.35. The van der Waals surface area contributed by atoms with Crippen LogP contribution in [0.25, 0.3) is 0 Å². The number of aromatic hydroxyl groups is 1. The molecule has 0 fully saturated rings. The fourth-order valence-electron chi connectivity index (χ4n) is 3.22. The molecule has 1 aliphatic rings. The van der Waals surface area contributed by atoms with Crippen LogP contribution in [0.2, 0.25) is 0 Å². The van der Waals surface area contributed by atoms with Gasteiger partial charge in [0.25, 0.3) is 0 Å². The van der Waals surface area contributed by atoms with Crippen LogP contribution in [0.4, 0.5) is 0 Å². The zero-order valence-electron chi connectivity index (χ0n) is 12.9. The number of hydrogen-bond donors (Lipinski definition) is 2. The lowest BCUT2D eigenvalue weighted by Crippen LogP contribution is -2.32. The molecule has 1 aliphatic carbocycles. The third kappa shape index (κ3) is 3.13. The first-order chi connectivity index (χ1) is 9.93. The molecule has 0 aliphatic heterocycles. The van der Waals surface area contributed by atoms with Gasteiger partial charge in [-0.05, 0) is 42.5 Å². The van der Waals surface area contributed by atoms with Gasteiger partial charge in [-0.3, -0.25) is 0 Å². The Morgan fingerprint density at radius 2 is 2.00 bits per heavy atom. The summed E-state index contributed by atoms with van der Waals surface area (Å²) >= 11 is 0. The van der Waals surface area contributed by atoms with Gasteiger partial charge >= 0.3 is 0 Å². The van der Waals surface area contributed by atoms with Crippen LogP contribution in [-0.4, -0.2) is 5.11 Å². The Labute approximate surface area is 126 Å². The highest BCUT2D eigenvalue weighted by Gasteiger charge is 2.34. The van der Waals surface area contributed by atoms with Gasteiger partial charge in [-0.2, -0.15) is 0 Å². The van der Waals surface area contributed by atoms with E-state index in [-0.39, 0.29) is 5.41 Å². The van der Waals surface area contributed by atoms with E-state index in [1.807, 2.05) is 19.1 Å². The summed E-state index contributed by atoms with van der Waals surface area (Å²) in [4.78, 5) is 0. The summed E-state index contributed by atoms with van der Waals surface area (Å²) in [6.45, 7) is 7.40. The van der Waals surface area contributed by atoms with E-state index in [9.17, 15) is 5.11 Å². The molecule has 0 amide bonds. The number of furan rings is 1. The highest BCUT2D eigenvalue weighted by atomic mass is 16.3. The minimum Gasteiger partial charge on any atom is -0.508 e. The van der Waals surface area contributed by atoms with Crippen LogP contribution >= 0.6 is 0 Å². The molecule has 1 aromatic heterocycles. The maximum absolute atomic E-state index is 9.34. The van der Waals surface area contributed by atoms with E-state index in [2.05, 4.69) is 25.2 Å². The number of rotatable bonds is 3. The van der Waals surface area contributed by atoms with Crippen molar-refractivity contribution in [2.45, 2.75) is 46.2 Å². The molecule has 1 atom stereocenters. The molecule has 3 heteroatoms. The van der Waals surface area contributed by atoms with Crippen LogP contribution in [0, 0.1) is 12.3 Å². The summed E-state index contributed by atoms with van der Waals surface area (Å²) in [5.41, 5.74) is 2.74. The van der Waals surface area contributed by atoms with Gasteiger partial charge in [0, 0.05) is 24.6 Å². The van der Waals surface area contributed by atoms with Crippen molar-refractivity contribution in [2.75, 3.05) is 0 Å². The third-order valence-electron chi connectivity index (χ3n) is 4.23. The zero-order chi connectivity index (χ0) is 15.0. The number of aryl methyl sites for hydroxylation is 1. The Bertz CT molecular complexity index is 625. The molecule has 1 aromatic carbocycles. The van der Waals surface area contributed by atoms with Gasteiger partial charge < -0.3 is 14.8 Å². The summed E-state index contributed by atoms with van der Waals surface area (Å²) in [7, 11) is 0. The Balaban J connectivity index is 1.76. The molecular formula is C18H23NO2. The van der Waals surface area contributed by atoms with E-state index >= 15 is 0 Å². The first-order valence-electron chi connectivity index (χ1n) is 7.53. The Morgan fingerprint density at radius 3 is 2.71 bits per heavy atom. The van der Waals surface area contributed by atoms with Crippen molar-refractivity contribution in [3.63, 3.8) is 0 Å². The van der Waals surface area contributed by atoms with Crippen LogP contribution in [-0.2, 0) is 13.0 Å². The molecule has 3 rings (SSSR count). The van der Waals surface area contributed by atoms with Crippen LogP contribution < -0.4 is 5.32 Å². The van der Waals surface area contributed by atoms with E-state index in [1.165, 1.54) is 11.1 Å². The minimum absolute atomic E-state index is 0.254. The van der Waals surface area contributed by atoms with Crippen LogP contribution in [0.15, 0.2) is 34.7 Å². The molecule has 1 unspecified atom stereocenters. The fourth-order valence-corrected chi connectivity index (χ4v) is 3.22. The summed E-state index contributed by atoms with van der Waals surface area (Å²) in [6, 6.07) is 9.87. The summed E-state index contributed by atoms with van der Waals surface area (Å²) in [6.07, 6.45) is 2.12. The Morgan fingerprint density at radius 1 is 1.29 bits per heavy atom. The van der Waals surface area contributed by atoms with Gasteiger partial charge in [0.1, 0.15) is 17.3 Å². The normalized spacial score (nSPS) is 20.2. The number of hydrogen-bond acceptors (Lipinski definition) is 3. The molecule has 0 saturated heterocycles. The third-order valence-corrected chi connectivity index (χ3v) is 4.23. The van der Waals surface area contributed by atoms with Gasteiger partial charge in [0.15, 0.2) is 0 Å². The van der Waals surface area contributed by atoms with Crippen LogP contribution in [0.5, 0.6) is 5.75 Å². The van der Waals surface area contributed by atoms with Crippen LogP contribution in [0.3, 0.4) is 0 Å². The van der Waals surface area contributed by atoms with E-state index in [1.54, 1.807) is 12.1 Å². The highest BCUT2D eigenvalue weighted by Crippen LogP contribution is 2.42. The van der Waals surface area contributed by atoms with Crippen molar-refractivity contribution in [3.8, 4) is 5.75 Å². The second-order valence-corrected chi connectivity index (χ2v) is 6.88. The van der Waals surface area contributed by atoms with Crippen molar-refractivity contribution in [1.29, 1.82) is 0 Å². The fraction of sp³-hybridized carbons (Fsp3) is 0.444. The topological polar surface area (TPSA) is 45.4 Å². The minimum atomic E-state index is 0.254. The van der Waals surface area contributed by atoms with Crippen molar-refractivity contribution >= 4 is 0 Å². The standard InChI is InChI=1S/C18H23NO2/c1-12-8-15-16(9-18(2,3)10-17(15)21-12)19-11-13-4-6-14(20)7-5-13/h4-8,16,19-20H,9-11H2,1-3H3. The van der Waals surface area contributed by atoms with Gasteiger partial charge in [0.2, 0.25) is 0 Å². The smallest absolute Gasteiger partial charge is 0.115 e. The molecule has 2 N–H and O–H groups in total. The first-order valence-corrected chi connectivity index (χ1v) is 7.53. The highest BCUT2D eigenvalue weighted by molar-refractivity contribution is 5.30. The Hall–Kier alpha value is -1.74. The van der Waals surface area contributed by atoms with Crippen molar-refractivity contribution in [1.82, 2.24) is 5.32 Å². The molecular weight excluding hydrogens is 262 g/mol. The average Bonchev–Trinajstić information content (AvgIpc) is 2.76. The Kier molecular flexibility index (Phi) is 3.54. The molecule has 3 nitrogen and oxygen atoms in total. The van der Waals surface area contributed by atoms with E-state index in [0.717, 1.165) is 30.9 Å². The van der Waals surface area contributed by atoms with Gasteiger partial charge in [-0.25, -0.2) is 0 Å². The lowest BCUT2D eigenvalue weighted by molar-refractivity contribution is 0.233. The second-order valence-electron chi connectivity index (χ2n) is 6.88. The van der Waals surface area contributed by atoms with Crippen molar-refractivity contribution in [3.05, 3.63) is 53.0 Å². The maximum atomic E-state index is 9.34. The SMILES string of the molecule is Cc1cc2c(o1)CC(C)(C)CC2NCc1ccc(O)cc1. The van der Waals surface area contributed by atoms with E-state index in [0.29, 0.717) is 11.8 Å². The predicted octanol–water partition coefficient (Wildman–Crippen LogP) is 4.10. The summed E-state index contributed by atoms with van der Waals surface area (Å²) < 4.78 is 5.87. The number of phenols is 1. The lowest BCUT2D eigenvalue weighted by atomic mass is 9.74. The molecule has 21 heavy (non-hydrogen) atoms. The predicted molar refractivity (Wildman–Crippen MR) is 83.2 cm³/mol. The zero-order valence-corrected chi connectivity index (χ0v) is 12.9. The number of fused-ring (bicyclic) bond motifs is 1. The van der Waals surface area contributed by atoms with Gasteiger partial charge in [-0.15, -0.1) is 0 Å². The first kappa shape index (κ1) is 14.2. The van der Waals surface area contributed by atoms with Gasteiger partial charge in [0.05, 0.1) is 0 Å². The quantitative estimate of drug-likeness (QED) is 0.892. The number of phenolic OH excluding ortho intramolecular Hbond substituents is 1. The second kappa shape index (κ2) is 5.23. The van der Waals surface area contributed by atoms with E-state index < -0.39 is 0 Å². The molecule has 0 radical (unpaired) electrons. The molecule has 1 heterocycles. The van der Waals surface area contributed by atoms with E-state index in [4.69, 9.17) is 4.42 Å². The molecule has 0 saturated carbocycles. The average molecular weight is 285 g/mol. The van der Waals surface area contributed by atoms with Gasteiger partial charge in [-0.1, -0.05) is 26.0 Å². The van der Waals surface area contributed by atoms with Crippen molar-refractivity contribution in [2.24, 2.45) is 5.41 Å². The molecule has 0 spiro atoms. The number of nitrogens with one attached hydrogen (secondary N) is 1. The largest absolute Gasteiger partial charge is 0.508 e. The monoisotopic (exact) mass is 285 g/mol. The summed E-state index contributed by atoms with van der Waals surface area (Å²) in [5.74, 6) is 2.44. The molecule has 0 bridgehead atoms. The number of benzene rings is 1. The molecule has 2 aromatic rings. The molecule has 112 valence electrons. The van der Waals surface area contributed by atoms with Crippen LogP contribution in [0.1, 0.15) is 49.0 Å². The maximum Gasteiger partial charge on any atom is 0.115 e. The van der Waals surface area contributed by atoms with Crippen molar-refractivity contribution < 1.29 is 9.52 Å². The summed E-state index contributed by atoms with van der Waals surface area (Å²) in [5, 5.41) is 13.0.